The maximum atomic E-state index is 13.7. The van der Waals surface area contributed by atoms with Crippen LogP contribution in [-0.2, 0) is 30.4 Å². The van der Waals surface area contributed by atoms with Gasteiger partial charge in [-0.2, -0.15) is 13.2 Å². The number of nitrogens with one attached hydrogen (secondary N) is 4. The number of halogens is 3. The minimum Gasteiger partial charge on any atom is -0.368 e. The van der Waals surface area contributed by atoms with Crippen LogP contribution in [0.3, 0.4) is 0 Å². The first kappa shape index (κ1) is 40.4. The third-order valence-electron chi connectivity index (χ3n) is 7.49. The molecule has 1 heterocycles. The molecule has 12 nitrogen and oxygen atoms in total. The number of unbranched alkanes of at least 4 members (excludes halogenated alkanes) is 1. The molecule has 0 saturated heterocycles. The van der Waals surface area contributed by atoms with Crippen molar-refractivity contribution >= 4 is 51.1 Å². The van der Waals surface area contributed by atoms with Crippen molar-refractivity contribution in [3.63, 3.8) is 0 Å². The van der Waals surface area contributed by atoms with Crippen LogP contribution in [0.15, 0.2) is 18.2 Å². The molecule has 0 fully saturated rings. The van der Waals surface area contributed by atoms with E-state index in [2.05, 4.69) is 26.3 Å². The van der Waals surface area contributed by atoms with E-state index in [9.17, 15) is 37.1 Å². The first-order valence-corrected chi connectivity index (χ1v) is 16.9. The zero-order valence-electron chi connectivity index (χ0n) is 28.0. The number of thiazole rings is 1. The predicted molar refractivity (Wildman–Crippen MR) is 178 cm³/mol. The lowest BCUT2D eigenvalue weighted by Crippen LogP contribution is -2.59. The molecule has 0 saturated carbocycles. The molecular formula is C32H48F3N7O5S. The summed E-state index contributed by atoms with van der Waals surface area (Å²) in [7, 11) is 0. The molecule has 0 aliphatic rings. The monoisotopic (exact) mass is 699 g/mol. The fourth-order valence-electron chi connectivity index (χ4n) is 4.85. The Kier molecular flexibility index (Phi) is 15.7. The van der Waals surface area contributed by atoms with Gasteiger partial charge in [0.2, 0.25) is 29.5 Å². The number of carbonyl (C=O) groups excluding carboxylic acids is 5. The van der Waals surface area contributed by atoms with Gasteiger partial charge in [0.25, 0.3) is 0 Å². The lowest BCUT2D eigenvalue weighted by atomic mass is 10.0. The first-order chi connectivity index (χ1) is 22.4. The molecule has 8 N–H and O–H groups in total. The van der Waals surface area contributed by atoms with E-state index in [0.717, 1.165) is 10.3 Å². The molecule has 1 aromatic heterocycles. The van der Waals surface area contributed by atoms with Crippen molar-refractivity contribution in [3.8, 4) is 0 Å². The number of hydrogen-bond donors (Lipinski definition) is 6. The van der Waals surface area contributed by atoms with Crippen LogP contribution in [0.1, 0.15) is 89.6 Å². The standard InChI is InChI=1S/C32H48F3N7O5S/c1-6-26(43)38-23(15-27-39-20-11-10-19(18(4)5)14-25(20)48-27)30(46)42-24(16-32(33,34)35)31(47)40-21(9-7-8-12-36)29(45)41-22(28(37)44)13-17(2)3/h10-11,14,17-18,21-24H,6-9,12-13,15-16,36H2,1-5H3,(H2,37,44)(H,38,43)(H,40,47)(H,41,45)(H,42,46)/t21-,22-,23-,24-/m0/s1. The van der Waals surface area contributed by atoms with Gasteiger partial charge in [0.1, 0.15) is 24.2 Å². The average Bonchev–Trinajstić information content (AvgIpc) is 3.40. The Hall–Kier alpha value is -3.79. The summed E-state index contributed by atoms with van der Waals surface area (Å²) in [6.45, 7) is 9.51. The van der Waals surface area contributed by atoms with Crippen LogP contribution >= 0.6 is 11.3 Å². The fraction of sp³-hybridized carbons (Fsp3) is 0.625. The van der Waals surface area contributed by atoms with Crippen LogP contribution in [0, 0.1) is 5.92 Å². The van der Waals surface area contributed by atoms with Crippen LogP contribution in [-0.4, -0.2) is 71.4 Å². The van der Waals surface area contributed by atoms with Gasteiger partial charge in [-0.15, -0.1) is 11.3 Å². The van der Waals surface area contributed by atoms with Crippen molar-refractivity contribution in [2.75, 3.05) is 6.54 Å². The molecule has 268 valence electrons. The predicted octanol–water partition coefficient (Wildman–Crippen LogP) is 2.92. The Balaban J connectivity index is 2.34. The van der Waals surface area contributed by atoms with Crippen molar-refractivity contribution in [1.29, 1.82) is 0 Å². The Morgan fingerprint density at radius 1 is 0.875 bits per heavy atom. The minimum absolute atomic E-state index is 0.0000689. The number of amides is 5. The van der Waals surface area contributed by atoms with E-state index in [0.29, 0.717) is 23.4 Å². The number of nitrogens with two attached hydrogens (primary N) is 2. The number of fused-ring (bicyclic) bond motifs is 1. The van der Waals surface area contributed by atoms with Gasteiger partial charge in [-0.25, -0.2) is 4.98 Å². The van der Waals surface area contributed by atoms with Crippen LogP contribution in [0.2, 0.25) is 0 Å². The van der Waals surface area contributed by atoms with Crippen molar-refractivity contribution in [1.82, 2.24) is 26.3 Å². The second kappa shape index (κ2) is 18.7. The minimum atomic E-state index is -4.88. The molecule has 0 aliphatic heterocycles. The Labute approximate surface area is 282 Å². The van der Waals surface area contributed by atoms with Gasteiger partial charge < -0.3 is 32.7 Å². The molecule has 1 aromatic carbocycles. The highest BCUT2D eigenvalue weighted by molar-refractivity contribution is 7.18. The zero-order chi connectivity index (χ0) is 36.2. The maximum absolute atomic E-state index is 13.7. The normalized spacial score (nSPS) is 14.3. The summed E-state index contributed by atoms with van der Waals surface area (Å²) < 4.78 is 42.0. The van der Waals surface area contributed by atoms with Gasteiger partial charge in [-0.3, -0.25) is 24.0 Å². The van der Waals surface area contributed by atoms with E-state index in [1.165, 1.54) is 11.3 Å². The molecule has 0 radical (unpaired) electrons. The highest BCUT2D eigenvalue weighted by Crippen LogP contribution is 2.27. The van der Waals surface area contributed by atoms with E-state index in [1.54, 1.807) is 6.92 Å². The van der Waals surface area contributed by atoms with Gasteiger partial charge in [-0.1, -0.05) is 40.7 Å². The van der Waals surface area contributed by atoms with E-state index >= 15 is 0 Å². The van der Waals surface area contributed by atoms with E-state index in [1.807, 2.05) is 45.9 Å². The lowest BCUT2D eigenvalue weighted by molar-refractivity contribution is -0.152. The number of aromatic nitrogens is 1. The average molecular weight is 700 g/mol. The van der Waals surface area contributed by atoms with Gasteiger partial charge in [-0.05, 0) is 61.8 Å². The Bertz CT molecular complexity index is 1420. The smallest absolute Gasteiger partial charge is 0.368 e. The number of primary amides is 1. The zero-order valence-corrected chi connectivity index (χ0v) is 28.9. The second-order valence-corrected chi connectivity index (χ2v) is 13.6. The molecule has 0 unspecified atom stereocenters. The van der Waals surface area contributed by atoms with Crippen LogP contribution < -0.4 is 32.7 Å². The number of rotatable bonds is 19. The summed E-state index contributed by atoms with van der Waals surface area (Å²) in [4.78, 5) is 68.8. The van der Waals surface area contributed by atoms with Crippen LogP contribution in [0.5, 0.6) is 0 Å². The summed E-state index contributed by atoms with van der Waals surface area (Å²) in [6.07, 6.45) is -5.77. The molecule has 48 heavy (non-hydrogen) atoms. The van der Waals surface area contributed by atoms with Crippen LogP contribution in [0.4, 0.5) is 13.2 Å². The largest absolute Gasteiger partial charge is 0.391 e. The molecule has 2 aromatic rings. The topological polar surface area (TPSA) is 198 Å². The Morgan fingerprint density at radius 3 is 2.04 bits per heavy atom. The molecule has 4 atom stereocenters. The summed E-state index contributed by atoms with van der Waals surface area (Å²) >= 11 is 1.29. The summed E-state index contributed by atoms with van der Waals surface area (Å²) in [6, 6.07) is -0.167. The summed E-state index contributed by atoms with van der Waals surface area (Å²) in [5.74, 6) is -4.22. The summed E-state index contributed by atoms with van der Waals surface area (Å²) in [5, 5.41) is 9.92. The number of carbonyl (C=O) groups is 5. The third kappa shape index (κ3) is 13.4. The first-order valence-electron chi connectivity index (χ1n) is 16.1. The van der Waals surface area contributed by atoms with E-state index in [-0.39, 0.29) is 44.1 Å². The van der Waals surface area contributed by atoms with Crippen molar-refractivity contribution in [2.45, 2.75) is 116 Å². The Morgan fingerprint density at radius 2 is 1.48 bits per heavy atom. The molecule has 0 aliphatic carbocycles. The van der Waals surface area contributed by atoms with Crippen molar-refractivity contribution in [3.05, 3.63) is 28.8 Å². The summed E-state index contributed by atoms with van der Waals surface area (Å²) in [5.41, 5.74) is 12.7. The number of alkyl halides is 3. The molecule has 5 amide bonds. The molecule has 0 spiro atoms. The van der Waals surface area contributed by atoms with Crippen LogP contribution in [0.25, 0.3) is 10.2 Å². The second-order valence-electron chi connectivity index (χ2n) is 12.5. The van der Waals surface area contributed by atoms with Gasteiger partial charge >= 0.3 is 6.18 Å². The molecule has 16 heteroatoms. The van der Waals surface area contributed by atoms with Gasteiger partial charge in [0.05, 0.1) is 21.6 Å². The SMILES string of the molecule is CCC(=O)N[C@@H](Cc1nc2ccc(C(C)C)cc2s1)C(=O)N[C@@H](CC(F)(F)F)C(=O)N[C@@H](CCCCN)C(=O)N[C@@H](CC(C)C)C(N)=O. The highest BCUT2D eigenvalue weighted by atomic mass is 32.1. The van der Waals surface area contributed by atoms with Gasteiger partial charge in [0.15, 0.2) is 0 Å². The quantitative estimate of drug-likeness (QED) is 0.121. The maximum Gasteiger partial charge on any atom is 0.391 e. The molecule has 2 rings (SSSR count). The molecule has 0 bridgehead atoms. The van der Waals surface area contributed by atoms with E-state index < -0.39 is 66.3 Å². The lowest BCUT2D eigenvalue weighted by Gasteiger charge is -2.27. The number of nitrogens with zero attached hydrogens (tertiary/aromatic N) is 1. The van der Waals surface area contributed by atoms with Crippen molar-refractivity contribution < 1.29 is 37.1 Å². The third-order valence-corrected chi connectivity index (χ3v) is 8.53. The highest BCUT2D eigenvalue weighted by Gasteiger charge is 2.39. The number of benzene rings is 1. The van der Waals surface area contributed by atoms with E-state index in [4.69, 9.17) is 11.5 Å². The number of hydrogen-bond acceptors (Lipinski definition) is 8. The van der Waals surface area contributed by atoms with Crippen molar-refractivity contribution in [2.24, 2.45) is 17.4 Å². The van der Waals surface area contributed by atoms with Gasteiger partial charge in [0, 0.05) is 12.8 Å². The fourth-order valence-corrected chi connectivity index (χ4v) is 5.91. The molecular weight excluding hydrogens is 651 g/mol.